The first-order valence-corrected chi connectivity index (χ1v) is 5.85. The highest BCUT2D eigenvalue weighted by Gasteiger charge is 2.02. The van der Waals surface area contributed by atoms with Crippen molar-refractivity contribution in [1.29, 1.82) is 0 Å². The van der Waals surface area contributed by atoms with Crippen LogP contribution in [0.2, 0.25) is 0 Å². The van der Waals surface area contributed by atoms with Crippen molar-refractivity contribution < 1.29 is 9.47 Å². The Labute approximate surface area is 108 Å². The molecule has 2 aromatic rings. The Morgan fingerprint density at radius 2 is 1.65 bits per heavy atom. The van der Waals surface area contributed by atoms with Crippen molar-refractivity contribution in [3.05, 3.63) is 46.9 Å². The van der Waals surface area contributed by atoms with Gasteiger partial charge in [-0.3, -0.25) is 0 Å². The zero-order valence-electron chi connectivity index (χ0n) is 9.31. The molecule has 2 rings (SSSR count). The Kier molecular flexibility index (Phi) is 3.54. The van der Waals surface area contributed by atoms with Gasteiger partial charge in [0.2, 0.25) is 0 Å². The zero-order chi connectivity index (χ0) is 12.3. The minimum atomic E-state index is 0.593. The third-order valence-electron chi connectivity index (χ3n) is 2.26. The van der Waals surface area contributed by atoms with Crippen LogP contribution in [0.25, 0.3) is 0 Å². The van der Waals surface area contributed by atoms with E-state index >= 15 is 0 Å². The molecule has 0 atom stereocenters. The number of halogens is 1. The SMILES string of the molecule is COc1ccc(Oc2ccc(Br)cc2N)cc1. The Hall–Kier alpha value is -1.68. The summed E-state index contributed by atoms with van der Waals surface area (Å²) in [6, 6.07) is 12.9. The minimum Gasteiger partial charge on any atom is -0.497 e. The second kappa shape index (κ2) is 5.10. The van der Waals surface area contributed by atoms with E-state index in [1.165, 1.54) is 0 Å². The lowest BCUT2D eigenvalue weighted by atomic mass is 10.3. The summed E-state index contributed by atoms with van der Waals surface area (Å²) in [4.78, 5) is 0. The van der Waals surface area contributed by atoms with E-state index in [4.69, 9.17) is 15.2 Å². The molecule has 4 heteroatoms. The molecule has 0 aromatic heterocycles. The maximum absolute atomic E-state index is 5.85. The number of nitrogens with two attached hydrogens (primary N) is 1. The van der Waals surface area contributed by atoms with Crippen molar-refractivity contribution in [2.75, 3.05) is 12.8 Å². The van der Waals surface area contributed by atoms with E-state index in [1.54, 1.807) is 13.2 Å². The Balaban J connectivity index is 2.19. The van der Waals surface area contributed by atoms with Crippen molar-refractivity contribution in [3.8, 4) is 17.2 Å². The average molecular weight is 294 g/mol. The fourth-order valence-electron chi connectivity index (χ4n) is 1.38. The molecule has 0 heterocycles. The van der Waals surface area contributed by atoms with Gasteiger partial charge in [0.15, 0.2) is 0 Å². The fourth-order valence-corrected chi connectivity index (χ4v) is 1.76. The number of hydrogen-bond donors (Lipinski definition) is 1. The van der Waals surface area contributed by atoms with Crippen molar-refractivity contribution in [2.24, 2.45) is 0 Å². The number of ether oxygens (including phenoxy) is 2. The van der Waals surface area contributed by atoms with E-state index in [0.29, 0.717) is 11.4 Å². The number of methoxy groups -OCH3 is 1. The van der Waals surface area contributed by atoms with Crippen molar-refractivity contribution >= 4 is 21.6 Å². The molecule has 0 aliphatic carbocycles. The van der Waals surface area contributed by atoms with Crippen LogP contribution in [0.4, 0.5) is 5.69 Å². The molecular formula is C13H12BrNO2. The molecule has 0 aliphatic heterocycles. The van der Waals surface area contributed by atoms with Gasteiger partial charge in [0.25, 0.3) is 0 Å². The third kappa shape index (κ3) is 2.91. The molecule has 0 fully saturated rings. The summed E-state index contributed by atoms with van der Waals surface area (Å²) in [6.45, 7) is 0. The summed E-state index contributed by atoms with van der Waals surface area (Å²) in [6.07, 6.45) is 0. The second-order valence-corrected chi connectivity index (χ2v) is 4.38. The van der Waals surface area contributed by atoms with Gasteiger partial charge < -0.3 is 15.2 Å². The smallest absolute Gasteiger partial charge is 0.150 e. The summed E-state index contributed by atoms with van der Waals surface area (Å²) < 4.78 is 11.7. The summed E-state index contributed by atoms with van der Waals surface area (Å²) in [7, 11) is 1.63. The topological polar surface area (TPSA) is 44.5 Å². The third-order valence-corrected chi connectivity index (χ3v) is 2.75. The van der Waals surface area contributed by atoms with Gasteiger partial charge in [0.1, 0.15) is 17.2 Å². The van der Waals surface area contributed by atoms with Crippen LogP contribution in [0.15, 0.2) is 46.9 Å². The highest BCUT2D eigenvalue weighted by molar-refractivity contribution is 9.10. The van der Waals surface area contributed by atoms with Gasteiger partial charge in [-0.1, -0.05) is 15.9 Å². The van der Waals surface area contributed by atoms with Crippen molar-refractivity contribution in [2.45, 2.75) is 0 Å². The van der Waals surface area contributed by atoms with E-state index in [9.17, 15) is 0 Å². The monoisotopic (exact) mass is 293 g/mol. The summed E-state index contributed by atoms with van der Waals surface area (Å²) in [5.74, 6) is 2.15. The van der Waals surface area contributed by atoms with Crippen molar-refractivity contribution in [1.82, 2.24) is 0 Å². The Morgan fingerprint density at radius 3 is 2.24 bits per heavy atom. The summed E-state index contributed by atoms with van der Waals surface area (Å²) in [5, 5.41) is 0. The maximum Gasteiger partial charge on any atom is 0.150 e. The predicted octanol–water partition coefficient (Wildman–Crippen LogP) is 3.83. The molecule has 88 valence electrons. The maximum atomic E-state index is 5.85. The normalized spacial score (nSPS) is 10.0. The van der Waals surface area contributed by atoms with Crippen LogP contribution < -0.4 is 15.2 Å². The van der Waals surface area contributed by atoms with Crippen LogP contribution in [0.1, 0.15) is 0 Å². The fraction of sp³-hybridized carbons (Fsp3) is 0.0769. The van der Waals surface area contributed by atoms with E-state index in [-0.39, 0.29) is 0 Å². The molecule has 0 spiro atoms. The van der Waals surface area contributed by atoms with E-state index in [0.717, 1.165) is 16.0 Å². The van der Waals surface area contributed by atoms with E-state index < -0.39 is 0 Å². The highest BCUT2D eigenvalue weighted by Crippen LogP contribution is 2.30. The van der Waals surface area contributed by atoms with Gasteiger partial charge in [0.05, 0.1) is 12.8 Å². The van der Waals surface area contributed by atoms with Gasteiger partial charge in [-0.2, -0.15) is 0 Å². The Bertz CT molecular complexity index is 511. The predicted molar refractivity (Wildman–Crippen MR) is 71.6 cm³/mol. The first-order chi connectivity index (χ1) is 8.19. The van der Waals surface area contributed by atoms with Crippen molar-refractivity contribution in [3.63, 3.8) is 0 Å². The van der Waals surface area contributed by atoms with Crippen LogP contribution in [-0.4, -0.2) is 7.11 Å². The van der Waals surface area contributed by atoms with Crippen LogP contribution in [0, 0.1) is 0 Å². The standard InChI is InChI=1S/C13H12BrNO2/c1-16-10-3-5-11(6-4-10)17-13-7-2-9(14)8-12(13)15/h2-8H,15H2,1H3. The first kappa shape index (κ1) is 11.8. The van der Waals surface area contributed by atoms with Crippen LogP contribution >= 0.6 is 15.9 Å². The van der Waals surface area contributed by atoms with E-state index in [1.807, 2.05) is 36.4 Å². The number of rotatable bonds is 3. The van der Waals surface area contributed by atoms with Gasteiger partial charge in [-0.05, 0) is 42.5 Å². The molecule has 3 nitrogen and oxygen atoms in total. The quantitative estimate of drug-likeness (QED) is 0.875. The molecular weight excluding hydrogens is 282 g/mol. The molecule has 0 radical (unpaired) electrons. The average Bonchev–Trinajstić information content (AvgIpc) is 2.34. The molecule has 0 aliphatic rings. The molecule has 0 unspecified atom stereocenters. The van der Waals surface area contributed by atoms with Gasteiger partial charge >= 0.3 is 0 Å². The summed E-state index contributed by atoms with van der Waals surface area (Å²) >= 11 is 3.35. The lowest BCUT2D eigenvalue weighted by Crippen LogP contribution is -1.92. The number of nitrogen functional groups attached to an aromatic ring is 1. The molecule has 0 saturated carbocycles. The molecule has 17 heavy (non-hydrogen) atoms. The molecule has 2 aromatic carbocycles. The minimum absolute atomic E-state index is 0.593. The van der Waals surface area contributed by atoms with Gasteiger partial charge in [-0.15, -0.1) is 0 Å². The van der Waals surface area contributed by atoms with Crippen LogP contribution in [-0.2, 0) is 0 Å². The second-order valence-electron chi connectivity index (χ2n) is 3.46. The van der Waals surface area contributed by atoms with Gasteiger partial charge in [-0.25, -0.2) is 0 Å². The lowest BCUT2D eigenvalue weighted by molar-refractivity contribution is 0.413. The zero-order valence-corrected chi connectivity index (χ0v) is 10.9. The number of anilines is 1. The van der Waals surface area contributed by atoms with Crippen LogP contribution in [0.5, 0.6) is 17.2 Å². The van der Waals surface area contributed by atoms with Gasteiger partial charge in [0, 0.05) is 4.47 Å². The molecule has 2 N–H and O–H groups in total. The van der Waals surface area contributed by atoms with E-state index in [2.05, 4.69) is 15.9 Å². The first-order valence-electron chi connectivity index (χ1n) is 5.06. The Morgan fingerprint density at radius 1 is 1.00 bits per heavy atom. The number of hydrogen-bond acceptors (Lipinski definition) is 3. The summed E-state index contributed by atoms with van der Waals surface area (Å²) in [5.41, 5.74) is 6.44. The van der Waals surface area contributed by atoms with Crippen LogP contribution in [0.3, 0.4) is 0 Å². The number of benzene rings is 2. The lowest BCUT2D eigenvalue weighted by Gasteiger charge is -2.09. The largest absolute Gasteiger partial charge is 0.497 e. The molecule has 0 saturated heterocycles. The molecule has 0 amide bonds. The molecule has 0 bridgehead atoms. The highest BCUT2D eigenvalue weighted by atomic mass is 79.9.